The first-order valence-corrected chi connectivity index (χ1v) is 9.52. The summed E-state index contributed by atoms with van der Waals surface area (Å²) in [4.78, 5) is 24.6. The molecule has 0 aromatic heterocycles. The van der Waals surface area contributed by atoms with Crippen LogP contribution in [0.25, 0.3) is 0 Å². The number of benzene rings is 3. The van der Waals surface area contributed by atoms with Gasteiger partial charge in [-0.15, -0.1) is 0 Å². The molecule has 3 aromatic rings. The number of urea groups is 1. The van der Waals surface area contributed by atoms with Crippen molar-refractivity contribution in [2.45, 2.75) is 13.0 Å². The molecule has 0 saturated carbocycles. The van der Waals surface area contributed by atoms with Gasteiger partial charge in [-0.25, -0.2) is 4.79 Å². The van der Waals surface area contributed by atoms with Crippen molar-refractivity contribution in [3.8, 4) is 11.5 Å². The highest BCUT2D eigenvalue weighted by atomic mass is 16.7. The Morgan fingerprint density at radius 1 is 0.833 bits per heavy atom. The number of amides is 3. The normalized spacial score (nSPS) is 12.7. The summed E-state index contributed by atoms with van der Waals surface area (Å²) < 4.78 is 10.7. The van der Waals surface area contributed by atoms with Gasteiger partial charge < -0.3 is 25.4 Å². The molecule has 4 rings (SSSR count). The van der Waals surface area contributed by atoms with E-state index in [4.69, 9.17) is 9.47 Å². The molecule has 0 radical (unpaired) electrons. The van der Waals surface area contributed by atoms with Crippen LogP contribution < -0.4 is 25.4 Å². The van der Waals surface area contributed by atoms with Crippen LogP contribution in [0.1, 0.15) is 28.9 Å². The van der Waals surface area contributed by atoms with Gasteiger partial charge in [0.15, 0.2) is 11.5 Å². The van der Waals surface area contributed by atoms with Crippen LogP contribution in [0.4, 0.5) is 16.2 Å². The molecule has 3 aromatic carbocycles. The standard InChI is InChI=1S/C23H21N3O4/c1-15(17-9-12-20-21(13-17)30-14-29-20)24-22(27)16-7-10-19(11-8-16)26-23(28)25-18-5-3-2-4-6-18/h2-13,15H,14H2,1H3,(H,24,27)(H2,25,26,28). The predicted octanol–water partition coefficient (Wildman–Crippen LogP) is 4.55. The number of ether oxygens (including phenoxy) is 2. The lowest BCUT2D eigenvalue weighted by Crippen LogP contribution is -2.26. The summed E-state index contributed by atoms with van der Waals surface area (Å²) in [6.07, 6.45) is 0. The lowest BCUT2D eigenvalue weighted by atomic mass is 10.1. The molecular weight excluding hydrogens is 382 g/mol. The van der Waals surface area contributed by atoms with Gasteiger partial charge in [0.25, 0.3) is 5.91 Å². The lowest BCUT2D eigenvalue weighted by molar-refractivity contribution is 0.0939. The zero-order valence-electron chi connectivity index (χ0n) is 16.3. The van der Waals surface area contributed by atoms with Crippen LogP contribution in [0.3, 0.4) is 0 Å². The fourth-order valence-corrected chi connectivity index (χ4v) is 3.07. The van der Waals surface area contributed by atoms with Crippen molar-refractivity contribution in [2.75, 3.05) is 17.4 Å². The van der Waals surface area contributed by atoms with E-state index < -0.39 is 0 Å². The summed E-state index contributed by atoms with van der Waals surface area (Å²) in [5, 5.41) is 8.44. The highest BCUT2D eigenvalue weighted by molar-refractivity contribution is 6.00. The van der Waals surface area contributed by atoms with E-state index in [-0.39, 0.29) is 24.8 Å². The van der Waals surface area contributed by atoms with E-state index in [1.807, 2.05) is 43.3 Å². The third-order valence-electron chi connectivity index (χ3n) is 4.68. The molecule has 7 nitrogen and oxygen atoms in total. The number of carbonyl (C=O) groups excluding carboxylic acids is 2. The molecule has 1 aliphatic heterocycles. The number of carbonyl (C=O) groups is 2. The minimum atomic E-state index is -0.352. The number of nitrogens with one attached hydrogen (secondary N) is 3. The maximum Gasteiger partial charge on any atom is 0.323 e. The molecule has 7 heteroatoms. The second-order valence-corrected chi connectivity index (χ2v) is 6.83. The third kappa shape index (κ3) is 4.52. The number of hydrogen-bond donors (Lipinski definition) is 3. The van der Waals surface area contributed by atoms with Crippen LogP contribution in [-0.2, 0) is 0 Å². The molecule has 152 valence electrons. The van der Waals surface area contributed by atoms with Crippen LogP contribution in [0.15, 0.2) is 72.8 Å². The Labute approximate surface area is 174 Å². The highest BCUT2D eigenvalue weighted by Crippen LogP contribution is 2.34. The molecule has 1 unspecified atom stereocenters. The first-order chi connectivity index (χ1) is 14.6. The van der Waals surface area contributed by atoms with E-state index in [0.717, 1.165) is 5.56 Å². The number of rotatable bonds is 5. The van der Waals surface area contributed by atoms with Crippen molar-refractivity contribution < 1.29 is 19.1 Å². The van der Waals surface area contributed by atoms with Gasteiger partial charge >= 0.3 is 6.03 Å². The topological polar surface area (TPSA) is 88.7 Å². The third-order valence-corrected chi connectivity index (χ3v) is 4.68. The van der Waals surface area contributed by atoms with Gasteiger partial charge in [0.1, 0.15) is 0 Å². The lowest BCUT2D eigenvalue weighted by Gasteiger charge is -2.15. The Bertz CT molecular complexity index is 1050. The molecule has 30 heavy (non-hydrogen) atoms. The van der Waals surface area contributed by atoms with Gasteiger partial charge in [0.2, 0.25) is 6.79 Å². The average Bonchev–Trinajstić information content (AvgIpc) is 3.22. The van der Waals surface area contributed by atoms with E-state index in [1.165, 1.54) is 0 Å². The van der Waals surface area contributed by atoms with Crippen LogP contribution in [0.2, 0.25) is 0 Å². The maximum absolute atomic E-state index is 12.6. The fraction of sp³-hybridized carbons (Fsp3) is 0.130. The van der Waals surface area contributed by atoms with Gasteiger partial charge in [0.05, 0.1) is 6.04 Å². The van der Waals surface area contributed by atoms with E-state index in [9.17, 15) is 9.59 Å². The Hall–Kier alpha value is -4.00. The Kier molecular flexibility index (Phi) is 5.52. The Morgan fingerprint density at radius 2 is 1.50 bits per heavy atom. The molecule has 1 aliphatic rings. The second kappa shape index (κ2) is 8.57. The van der Waals surface area contributed by atoms with E-state index in [1.54, 1.807) is 36.4 Å². The van der Waals surface area contributed by atoms with E-state index in [0.29, 0.717) is 28.4 Å². The molecule has 3 amide bonds. The molecule has 0 saturated heterocycles. The Morgan fingerprint density at radius 3 is 2.23 bits per heavy atom. The molecule has 1 heterocycles. The molecule has 1 atom stereocenters. The summed E-state index contributed by atoms with van der Waals surface area (Å²) in [6, 6.07) is 20.9. The SMILES string of the molecule is CC(NC(=O)c1ccc(NC(=O)Nc2ccccc2)cc1)c1ccc2c(c1)OCO2. The molecule has 3 N–H and O–H groups in total. The summed E-state index contributed by atoms with van der Waals surface area (Å²) in [7, 11) is 0. The minimum Gasteiger partial charge on any atom is -0.454 e. The molecular formula is C23H21N3O4. The first kappa shape index (κ1) is 19.3. The number of para-hydroxylation sites is 1. The highest BCUT2D eigenvalue weighted by Gasteiger charge is 2.17. The van der Waals surface area contributed by atoms with Crippen molar-refractivity contribution in [2.24, 2.45) is 0 Å². The molecule has 0 bridgehead atoms. The summed E-state index contributed by atoms with van der Waals surface area (Å²) >= 11 is 0. The summed E-state index contributed by atoms with van der Waals surface area (Å²) in [5.74, 6) is 1.18. The van der Waals surface area contributed by atoms with Gasteiger partial charge in [0, 0.05) is 16.9 Å². The van der Waals surface area contributed by atoms with Crippen LogP contribution in [0.5, 0.6) is 11.5 Å². The van der Waals surface area contributed by atoms with Crippen LogP contribution in [-0.4, -0.2) is 18.7 Å². The molecule has 0 fully saturated rings. The smallest absolute Gasteiger partial charge is 0.323 e. The Balaban J connectivity index is 1.34. The zero-order chi connectivity index (χ0) is 20.9. The number of hydrogen-bond acceptors (Lipinski definition) is 4. The van der Waals surface area contributed by atoms with Crippen molar-refractivity contribution in [1.29, 1.82) is 0 Å². The van der Waals surface area contributed by atoms with Gasteiger partial charge in [-0.05, 0) is 61.0 Å². The summed E-state index contributed by atoms with van der Waals surface area (Å²) in [5.41, 5.74) is 2.70. The van der Waals surface area contributed by atoms with Crippen molar-refractivity contribution in [3.63, 3.8) is 0 Å². The van der Waals surface area contributed by atoms with Gasteiger partial charge in [-0.3, -0.25) is 4.79 Å². The number of anilines is 2. The molecule has 0 aliphatic carbocycles. The first-order valence-electron chi connectivity index (χ1n) is 9.52. The second-order valence-electron chi connectivity index (χ2n) is 6.83. The van der Waals surface area contributed by atoms with Crippen molar-refractivity contribution in [1.82, 2.24) is 5.32 Å². The van der Waals surface area contributed by atoms with Crippen molar-refractivity contribution >= 4 is 23.3 Å². The largest absolute Gasteiger partial charge is 0.454 e. The van der Waals surface area contributed by atoms with Gasteiger partial charge in [-0.1, -0.05) is 24.3 Å². The van der Waals surface area contributed by atoms with Gasteiger partial charge in [-0.2, -0.15) is 0 Å². The summed E-state index contributed by atoms with van der Waals surface area (Å²) in [6.45, 7) is 2.11. The predicted molar refractivity (Wildman–Crippen MR) is 114 cm³/mol. The van der Waals surface area contributed by atoms with Crippen LogP contribution in [0, 0.1) is 0 Å². The maximum atomic E-state index is 12.6. The average molecular weight is 403 g/mol. The zero-order valence-corrected chi connectivity index (χ0v) is 16.3. The number of fused-ring (bicyclic) bond motifs is 1. The fourth-order valence-electron chi connectivity index (χ4n) is 3.07. The monoisotopic (exact) mass is 403 g/mol. The minimum absolute atomic E-state index is 0.207. The van der Waals surface area contributed by atoms with E-state index >= 15 is 0 Å². The molecule has 0 spiro atoms. The van der Waals surface area contributed by atoms with Crippen LogP contribution >= 0.6 is 0 Å². The van der Waals surface area contributed by atoms with Crippen molar-refractivity contribution in [3.05, 3.63) is 83.9 Å². The quantitative estimate of drug-likeness (QED) is 0.583. The van der Waals surface area contributed by atoms with E-state index in [2.05, 4.69) is 16.0 Å².